The molecule has 0 heterocycles. The maximum absolute atomic E-state index is 12.9. The summed E-state index contributed by atoms with van der Waals surface area (Å²) >= 11 is 0. The number of aliphatic imine (C=N–C) groups is 1. The SMILES string of the molecule is O=C=NC(=O)COc1ccccc1F. The highest BCUT2D eigenvalue weighted by Crippen LogP contribution is 2.14. The summed E-state index contributed by atoms with van der Waals surface area (Å²) in [5.41, 5.74) is 0. The van der Waals surface area contributed by atoms with Crippen molar-refractivity contribution in [3.63, 3.8) is 0 Å². The molecule has 0 unspecified atom stereocenters. The Balaban J connectivity index is 2.58. The van der Waals surface area contributed by atoms with Crippen molar-refractivity contribution in [1.82, 2.24) is 0 Å². The third kappa shape index (κ3) is 2.80. The van der Waals surface area contributed by atoms with Crippen LogP contribution >= 0.6 is 0 Å². The van der Waals surface area contributed by atoms with Gasteiger partial charge in [0.25, 0.3) is 5.91 Å². The van der Waals surface area contributed by atoms with Crippen LogP contribution in [-0.4, -0.2) is 18.6 Å². The lowest BCUT2D eigenvalue weighted by atomic mass is 10.3. The van der Waals surface area contributed by atoms with Crippen LogP contribution in [-0.2, 0) is 9.59 Å². The first kappa shape index (κ1) is 10.1. The third-order valence-electron chi connectivity index (χ3n) is 1.36. The molecule has 0 fully saturated rings. The van der Waals surface area contributed by atoms with E-state index in [9.17, 15) is 14.0 Å². The predicted molar refractivity (Wildman–Crippen MR) is 45.0 cm³/mol. The molecular formula is C9H6FNO3. The molecule has 0 aliphatic carbocycles. The summed E-state index contributed by atoms with van der Waals surface area (Å²) in [6.45, 7) is -0.476. The summed E-state index contributed by atoms with van der Waals surface area (Å²) in [6.07, 6.45) is 1.07. The smallest absolute Gasteiger partial charge is 0.294 e. The zero-order valence-electron chi connectivity index (χ0n) is 7.07. The van der Waals surface area contributed by atoms with Crippen molar-refractivity contribution in [3.8, 4) is 5.75 Å². The topological polar surface area (TPSA) is 55.7 Å². The Kier molecular flexibility index (Phi) is 3.52. The second kappa shape index (κ2) is 4.89. The minimum atomic E-state index is -0.803. The van der Waals surface area contributed by atoms with E-state index < -0.39 is 18.3 Å². The van der Waals surface area contributed by atoms with E-state index in [4.69, 9.17) is 4.74 Å². The molecule has 1 aromatic rings. The number of ether oxygens (including phenoxy) is 1. The number of isocyanates is 1. The molecule has 0 atom stereocenters. The van der Waals surface area contributed by atoms with Crippen LogP contribution in [0, 0.1) is 5.82 Å². The molecule has 0 aromatic heterocycles. The van der Waals surface area contributed by atoms with Gasteiger partial charge in [-0.2, -0.15) is 0 Å². The van der Waals surface area contributed by atoms with Gasteiger partial charge in [0, 0.05) is 0 Å². The Morgan fingerprint density at radius 3 is 2.86 bits per heavy atom. The first-order chi connectivity index (χ1) is 6.74. The number of rotatable bonds is 3. The van der Waals surface area contributed by atoms with Crippen molar-refractivity contribution in [2.24, 2.45) is 4.99 Å². The fourth-order valence-corrected chi connectivity index (χ4v) is 0.784. The molecule has 4 nitrogen and oxygen atoms in total. The lowest BCUT2D eigenvalue weighted by Gasteiger charge is -2.02. The molecule has 0 aliphatic heterocycles. The highest BCUT2D eigenvalue weighted by Gasteiger charge is 2.04. The fourth-order valence-electron chi connectivity index (χ4n) is 0.784. The van der Waals surface area contributed by atoms with Gasteiger partial charge in [-0.3, -0.25) is 4.79 Å². The van der Waals surface area contributed by atoms with Gasteiger partial charge in [-0.1, -0.05) is 12.1 Å². The van der Waals surface area contributed by atoms with E-state index in [1.165, 1.54) is 18.2 Å². The minimum absolute atomic E-state index is 0.0538. The van der Waals surface area contributed by atoms with Crippen LogP contribution in [0.5, 0.6) is 5.75 Å². The van der Waals surface area contributed by atoms with Gasteiger partial charge in [-0.25, -0.2) is 9.18 Å². The van der Waals surface area contributed by atoms with Crippen LogP contribution in [0.3, 0.4) is 0 Å². The maximum atomic E-state index is 12.9. The van der Waals surface area contributed by atoms with Gasteiger partial charge in [0.05, 0.1) is 0 Å². The average molecular weight is 195 g/mol. The molecule has 0 saturated carbocycles. The van der Waals surface area contributed by atoms with Crippen LogP contribution in [0.15, 0.2) is 29.3 Å². The first-order valence-corrected chi connectivity index (χ1v) is 3.72. The van der Waals surface area contributed by atoms with E-state index in [0.717, 1.165) is 6.08 Å². The number of halogens is 1. The van der Waals surface area contributed by atoms with Gasteiger partial charge in [-0.05, 0) is 12.1 Å². The van der Waals surface area contributed by atoms with Crippen LogP contribution in [0.2, 0.25) is 0 Å². The van der Waals surface area contributed by atoms with Crippen molar-refractivity contribution in [2.45, 2.75) is 0 Å². The first-order valence-electron chi connectivity index (χ1n) is 3.72. The molecule has 0 N–H and O–H groups in total. The van der Waals surface area contributed by atoms with Crippen molar-refractivity contribution >= 4 is 12.0 Å². The molecule has 72 valence electrons. The molecule has 0 saturated heterocycles. The summed E-state index contributed by atoms with van der Waals surface area (Å²) in [5.74, 6) is -1.43. The lowest BCUT2D eigenvalue weighted by molar-refractivity contribution is -0.119. The van der Waals surface area contributed by atoms with Gasteiger partial charge in [0.15, 0.2) is 18.2 Å². The van der Waals surface area contributed by atoms with Gasteiger partial charge in [0.2, 0.25) is 6.08 Å². The molecule has 1 amide bonds. The third-order valence-corrected chi connectivity index (χ3v) is 1.36. The normalized spacial score (nSPS) is 8.93. The van der Waals surface area contributed by atoms with Gasteiger partial charge in [-0.15, -0.1) is 4.99 Å². The zero-order chi connectivity index (χ0) is 10.4. The highest BCUT2D eigenvalue weighted by molar-refractivity contribution is 5.82. The van der Waals surface area contributed by atoms with E-state index in [1.807, 2.05) is 0 Å². The van der Waals surface area contributed by atoms with Crippen molar-refractivity contribution < 1.29 is 18.7 Å². The van der Waals surface area contributed by atoms with Crippen LogP contribution in [0.4, 0.5) is 4.39 Å². The summed E-state index contributed by atoms with van der Waals surface area (Å²) in [4.78, 5) is 23.1. The highest BCUT2D eigenvalue weighted by atomic mass is 19.1. The Labute approximate surface area is 79.0 Å². The Morgan fingerprint density at radius 2 is 2.21 bits per heavy atom. The van der Waals surface area contributed by atoms with Crippen molar-refractivity contribution in [1.29, 1.82) is 0 Å². The molecule has 5 heteroatoms. The number of carbonyl (C=O) groups excluding carboxylic acids is 2. The molecule has 0 bridgehead atoms. The van der Waals surface area contributed by atoms with Crippen LogP contribution in [0.25, 0.3) is 0 Å². The number of hydrogen-bond donors (Lipinski definition) is 0. The molecule has 0 aliphatic rings. The molecule has 1 rings (SSSR count). The number of hydrogen-bond acceptors (Lipinski definition) is 3. The van der Waals surface area contributed by atoms with E-state index in [0.29, 0.717) is 0 Å². The summed E-state index contributed by atoms with van der Waals surface area (Å²) in [6, 6.07) is 5.62. The lowest BCUT2D eigenvalue weighted by Crippen LogP contribution is -2.08. The fraction of sp³-hybridized carbons (Fsp3) is 0.111. The van der Waals surface area contributed by atoms with Crippen molar-refractivity contribution in [3.05, 3.63) is 30.1 Å². The molecule has 14 heavy (non-hydrogen) atoms. The number of para-hydroxylation sites is 1. The minimum Gasteiger partial charge on any atom is -0.481 e. The molecule has 0 spiro atoms. The Morgan fingerprint density at radius 1 is 1.50 bits per heavy atom. The molecular weight excluding hydrogens is 189 g/mol. The number of nitrogens with zero attached hydrogens (tertiary/aromatic N) is 1. The summed E-state index contributed by atoms with van der Waals surface area (Å²) in [7, 11) is 0. The number of amides is 1. The second-order valence-corrected chi connectivity index (χ2v) is 2.32. The molecule has 0 radical (unpaired) electrons. The van der Waals surface area contributed by atoms with Gasteiger partial charge < -0.3 is 4.74 Å². The van der Waals surface area contributed by atoms with E-state index in [2.05, 4.69) is 4.99 Å². The van der Waals surface area contributed by atoms with Crippen LogP contribution < -0.4 is 4.74 Å². The summed E-state index contributed by atoms with van der Waals surface area (Å²) in [5, 5.41) is 0. The second-order valence-electron chi connectivity index (χ2n) is 2.32. The standard InChI is InChI=1S/C9H6FNO3/c10-7-3-1-2-4-8(7)14-5-9(13)11-6-12/h1-4H,5H2. The van der Waals surface area contributed by atoms with Gasteiger partial charge >= 0.3 is 0 Å². The Bertz CT molecular complexity index is 385. The van der Waals surface area contributed by atoms with E-state index >= 15 is 0 Å². The Hall–Kier alpha value is -2.00. The maximum Gasteiger partial charge on any atom is 0.294 e. The van der Waals surface area contributed by atoms with E-state index in [1.54, 1.807) is 6.07 Å². The summed E-state index contributed by atoms with van der Waals surface area (Å²) < 4.78 is 17.6. The monoisotopic (exact) mass is 195 g/mol. The largest absolute Gasteiger partial charge is 0.481 e. The van der Waals surface area contributed by atoms with Gasteiger partial charge in [0.1, 0.15) is 0 Å². The van der Waals surface area contributed by atoms with E-state index in [-0.39, 0.29) is 5.75 Å². The van der Waals surface area contributed by atoms with Crippen molar-refractivity contribution in [2.75, 3.05) is 6.61 Å². The average Bonchev–Trinajstić information content (AvgIpc) is 2.17. The number of carbonyl (C=O) groups is 1. The van der Waals surface area contributed by atoms with Crippen LogP contribution in [0.1, 0.15) is 0 Å². The predicted octanol–water partition coefficient (Wildman–Crippen LogP) is 1.07. The zero-order valence-corrected chi connectivity index (χ0v) is 7.07. The quantitative estimate of drug-likeness (QED) is 0.535. The number of benzene rings is 1. The molecule has 1 aromatic carbocycles.